The number of hydrogen-bond donors (Lipinski definition) is 0. The van der Waals surface area contributed by atoms with Crippen LogP contribution in [0.15, 0.2) is 12.3 Å². The van der Waals surface area contributed by atoms with E-state index in [9.17, 15) is 9.59 Å². The number of nitriles is 1. The van der Waals surface area contributed by atoms with Crippen LogP contribution in [0, 0.1) is 11.3 Å². The maximum absolute atomic E-state index is 11.5. The molecule has 0 atom stereocenters. The lowest BCUT2D eigenvalue weighted by atomic mass is 10.1. The van der Waals surface area contributed by atoms with Crippen molar-refractivity contribution in [2.24, 2.45) is 0 Å². The lowest BCUT2D eigenvalue weighted by Crippen LogP contribution is -2.12. The van der Waals surface area contributed by atoms with Gasteiger partial charge in [0.15, 0.2) is 5.69 Å². The molecule has 0 saturated heterocycles. The molecule has 0 radical (unpaired) electrons. The van der Waals surface area contributed by atoms with Gasteiger partial charge < -0.3 is 9.47 Å². The van der Waals surface area contributed by atoms with Crippen LogP contribution in [-0.2, 0) is 9.47 Å². The summed E-state index contributed by atoms with van der Waals surface area (Å²) >= 11 is 0. The molecule has 0 unspecified atom stereocenters. The fraction of sp³-hybridized carbons (Fsp3) is 0.333. The minimum Gasteiger partial charge on any atom is -0.462 e. The molecule has 0 bridgehead atoms. The average molecular weight is 248 g/mol. The number of aromatic nitrogens is 1. The molecule has 0 fully saturated rings. The van der Waals surface area contributed by atoms with Crippen molar-refractivity contribution >= 4 is 11.9 Å². The summed E-state index contributed by atoms with van der Waals surface area (Å²) < 4.78 is 9.52. The molecule has 6 nitrogen and oxygen atoms in total. The molecule has 18 heavy (non-hydrogen) atoms. The molecule has 0 aliphatic heterocycles. The van der Waals surface area contributed by atoms with Gasteiger partial charge in [0.25, 0.3) is 0 Å². The number of esters is 2. The largest absolute Gasteiger partial charge is 0.462 e. The summed E-state index contributed by atoms with van der Waals surface area (Å²) in [7, 11) is 0. The highest BCUT2D eigenvalue weighted by molar-refractivity contribution is 5.93. The van der Waals surface area contributed by atoms with E-state index < -0.39 is 11.9 Å². The zero-order chi connectivity index (χ0) is 13.5. The molecule has 0 aliphatic rings. The van der Waals surface area contributed by atoms with E-state index in [1.165, 1.54) is 12.3 Å². The summed E-state index contributed by atoms with van der Waals surface area (Å²) in [6.45, 7) is 3.73. The third-order valence-electron chi connectivity index (χ3n) is 1.99. The molecule has 0 amide bonds. The van der Waals surface area contributed by atoms with E-state index in [1.54, 1.807) is 19.9 Å². The Hall–Kier alpha value is -2.42. The molecular formula is C12H12N2O4. The van der Waals surface area contributed by atoms with Crippen molar-refractivity contribution in [2.75, 3.05) is 13.2 Å². The highest BCUT2D eigenvalue weighted by Gasteiger charge is 2.17. The van der Waals surface area contributed by atoms with E-state index in [2.05, 4.69) is 4.98 Å². The van der Waals surface area contributed by atoms with Crippen LogP contribution in [0.1, 0.15) is 40.3 Å². The summed E-state index contributed by atoms with van der Waals surface area (Å²) in [5.74, 6) is -1.28. The Kier molecular flexibility index (Phi) is 4.81. The second kappa shape index (κ2) is 6.35. The molecule has 94 valence electrons. The van der Waals surface area contributed by atoms with Crippen molar-refractivity contribution in [3.63, 3.8) is 0 Å². The predicted octanol–water partition coefficient (Wildman–Crippen LogP) is 1.31. The number of nitrogens with zero attached hydrogens (tertiary/aromatic N) is 2. The van der Waals surface area contributed by atoms with Gasteiger partial charge in [0.2, 0.25) is 0 Å². The van der Waals surface area contributed by atoms with Crippen LogP contribution in [0.3, 0.4) is 0 Å². The molecule has 0 aliphatic carbocycles. The van der Waals surface area contributed by atoms with Crippen LogP contribution in [0.5, 0.6) is 0 Å². The average Bonchev–Trinajstić information content (AvgIpc) is 2.38. The smallest absolute Gasteiger partial charge is 0.358 e. The van der Waals surface area contributed by atoms with Gasteiger partial charge in [-0.05, 0) is 19.9 Å². The van der Waals surface area contributed by atoms with Gasteiger partial charge in [0, 0.05) is 6.20 Å². The maximum atomic E-state index is 11.5. The lowest BCUT2D eigenvalue weighted by Gasteiger charge is -2.05. The highest BCUT2D eigenvalue weighted by Crippen LogP contribution is 2.10. The SMILES string of the molecule is CCOC(=O)c1cnc(C(=O)OCC)c(C#N)c1. The first kappa shape index (κ1) is 13.6. The van der Waals surface area contributed by atoms with Gasteiger partial charge in [-0.3, -0.25) is 0 Å². The van der Waals surface area contributed by atoms with Crippen molar-refractivity contribution in [1.82, 2.24) is 4.98 Å². The molecule has 0 N–H and O–H groups in total. The monoisotopic (exact) mass is 248 g/mol. The van der Waals surface area contributed by atoms with Gasteiger partial charge in [-0.1, -0.05) is 0 Å². The third-order valence-corrected chi connectivity index (χ3v) is 1.99. The Morgan fingerprint density at radius 1 is 1.28 bits per heavy atom. The standard InChI is InChI=1S/C12H12N2O4/c1-3-17-11(15)9-5-8(6-13)10(14-7-9)12(16)18-4-2/h5,7H,3-4H2,1-2H3. The van der Waals surface area contributed by atoms with Crippen LogP contribution in [0.4, 0.5) is 0 Å². The topological polar surface area (TPSA) is 89.3 Å². The first-order valence-electron chi connectivity index (χ1n) is 5.38. The molecular weight excluding hydrogens is 236 g/mol. The summed E-state index contributed by atoms with van der Waals surface area (Å²) in [5.41, 5.74) is 0.00727. The van der Waals surface area contributed by atoms with Crippen molar-refractivity contribution in [3.05, 3.63) is 29.1 Å². The second-order valence-corrected chi connectivity index (χ2v) is 3.17. The third kappa shape index (κ3) is 3.04. The number of carbonyl (C=O) groups is 2. The summed E-state index contributed by atoms with van der Waals surface area (Å²) in [6.07, 6.45) is 1.19. The Morgan fingerprint density at radius 2 is 1.89 bits per heavy atom. The molecule has 1 heterocycles. The Bertz CT molecular complexity index is 505. The van der Waals surface area contributed by atoms with Crippen molar-refractivity contribution in [1.29, 1.82) is 5.26 Å². The van der Waals surface area contributed by atoms with E-state index >= 15 is 0 Å². The molecule has 1 aromatic rings. The van der Waals surface area contributed by atoms with Crippen LogP contribution in [0.2, 0.25) is 0 Å². The van der Waals surface area contributed by atoms with Gasteiger partial charge in [0.1, 0.15) is 6.07 Å². The molecule has 1 aromatic heterocycles. The predicted molar refractivity (Wildman–Crippen MR) is 60.9 cm³/mol. The fourth-order valence-corrected chi connectivity index (χ4v) is 1.24. The Morgan fingerprint density at radius 3 is 2.44 bits per heavy atom. The van der Waals surface area contributed by atoms with Crippen LogP contribution < -0.4 is 0 Å². The highest BCUT2D eigenvalue weighted by atomic mass is 16.5. The molecule has 0 saturated carbocycles. The molecule has 0 spiro atoms. The van der Waals surface area contributed by atoms with Gasteiger partial charge in [-0.25, -0.2) is 14.6 Å². The molecule has 0 aromatic carbocycles. The van der Waals surface area contributed by atoms with E-state index in [4.69, 9.17) is 14.7 Å². The number of hydrogen-bond acceptors (Lipinski definition) is 6. The van der Waals surface area contributed by atoms with E-state index in [1.807, 2.05) is 0 Å². The fourth-order valence-electron chi connectivity index (χ4n) is 1.24. The Balaban J connectivity index is 3.08. The molecule has 6 heteroatoms. The first-order chi connectivity index (χ1) is 8.63. The normalized spacial score (nSPS) is 9.39. The number of rotatable bonds is 4. The number of ether oxygens (including phenoxy) is 2. The van der Waals surface area contributed by atoms with Crippen molar-refractivity contribution in [3.8, 4) is 6.07 Å². The summed E-state index contributed by atoms with van der Waals surface area (Å²) in [6, 6.07) is 3.06. The Labute approximate surface area is 104 Å². The number of carbonyl (C=O) groups excluding carboxylic acids is 2. The summed E-state index contributed by atoms with van der Waals surface area (Å²) in [4.78, 5) is 26.7. The zero-order valence-corrected chi connectivity index (χ0v) is 10.1. The number of pyridine rings is 1. The van der Waals surface area contributed by atoms with E-state index in [0.29, 0.717) is 0 Å². The minimum absolute atomic E-state index is 0.0148. The van der Waals surface area contributed by atoms with Gasteiger partial charge in [-0.15, -0.1) is 0 Å². The molecule has 1 rings (SSSR count). The second-order valence-electron chi connectivity index (χ2n) is 3.17. The van der Waals surface area contributed by atoms with Crippen LogP contribution in [0.25, 0.3) is 0 Å². The van der Waals surface area contributed by atoms with Crippen molar-refractivity contribution < 1.29 is 19.1 Å². The van der Waals surface area contributed by atoms with Gasteiger partial charge in [0.05, 0.1) is 24.3 Å². The maximum Gasteiger partial charge on any atom is 0.358 e. The van der Waals surface area contributed by atoms with E-state index in [0.717, 1.165) is 0 Å². The first-order valence-corrected chi connectivity index (χ1v) is 5.38. The summed E-state index contributed by atoms with van der Waals surface area (Å²) in [5, 5.41) is 8.92. The van der Waals surface area contributed by atoms with Crippen LogP contribution >= 0.6 is 0 Å². The zero-order valence-electron chi connectivity index (χ0n) is 10.1. The van der Waals surface area contributed by atoms with Crippen molar-refractivity contribution in [2.45, 2.75) is 13.8 Å². The quantitative estimate of drug-likeness (QED) is 0.746. The minimum atomic E-state index is -0.690. The van der Waals surface area contributed by atoms with Gasteiger partial charge >= 0.3 is 11.9 Å². The van der Waals surface area contributed by atoms with Crippen LogP contribution in [-0.4, -0.2) is 30.1 Å². The lowest BCUT2D eigenvalue weighted by molar-refractivity contribution is 0.0505. The van der Waals surface area contributed by atoms with E-state index in [-0.39, 0.29) is 30.0 Å². The van der Waals surface area contributed by atoms with Gasteiger partial charge in [-0.2, -0.15) is 5.26 Å².